The molecule has 2 aromatic rings. The fraction of sp³-hybridized carbons (Fsp3) is 0.286. The summed E-state index contributed by atoms with van der Waals surface area (Å²) >= 11 is 0. The highest BCUT2D eigenvalue weighted by molar-refractivity contribution is 5.82. The maximum Gasteiger partial charge on any atom is 0.0594 e. The Bertz CT molecular complexity index is 484. The van der Waals surface area contributed by atoms with E-state index in [0.717, 1.165) is 6.54 Å². The first-order chi connectivity index (χ1) is 8.29. The van der Waals surface area contributed by atoms with Gasteiger partial charge in [0.1, 0.15) is 0 Å². The van der Waals surface area contributed by atoms with Gasteiger partial charge in [0.25, 0.3) is 0 Å². The summed E-state index contributed by atoms with van der Waals surface area (Å²) in [6.07, 6.45) is 0. The maximum atomic E-state index is 8.81. The van der Waals surface area contributed by atoms with Crippen LogP contribution < -0.4 is 11.1 Å². The summed E-state index contributed by atoms with van der Waals surface area (Å²) in [6, 6.07) is 14.5. The average molecular weight is 230 g/mol. The summed E-state index contributed by atoms with van der Waals surface area (Å²) in [5.74, 6) is 0. The molecule has 0 radical (unpaired) electrons. The molecule has 0 fully saturated rings. The number of aliphatic hydroxyl groups is 1. The van der Waals surface area contributed by atoms with E-state index >= 15 is 0 Å². The van der Waals surface area contributed by atoms with Crippen molar-refractivity contribution < 1.29 is 5.11 Å². The molecule has 4 N–H and O–H groups in total. The summed E-state index contributed by atoms with van der Waals surface area (Å²) in [6.45, 7) is 1.42. The van der Waals surface area contributed by atoms with E-state index in [0.29, 0.717) is 6.54 Å². The molecule has 0 aliphatic heterocycles. The molecule has 3 heteroatoms. The van der Waals surface area contributed by atoms with Crippen LogP contribution in [0.4, 0.5) is 0 Å². The Morgan fingerprint density at radius 1 is 1.12 bits per heavy atom. The molecule has 0 saturated carbocycles. The Morgan fingerprint density at radius 3 is 2.65 bits per heavy atom. The highest BCUT2D eigenvalue weighted by Gasteiger charge is 2.00. The van der Waals surface area contributed by atoms with E-state index in [4.69, 9.17) is 10.8 Å². The van der Waals surface area contributed by atoms with Gasteiger partial charge in [-0.05, 0) is 22.4 Å². The topological polar surface area (TPSA) is 58.3 Å². The number of rotatable bonds is 5. The van der Waals surface area contributed by atoms with Crippen molar-refractivity contribution in [3.63, 3.8) is 0 Å². The van der Waals surface area contributed by atoms with E-state index in [9.17, 15) is 0 Å². The predicted octanol–water partition coefficient (Wildman–Crippen LogP) is 1.25. The number of benzene rings is 2. The van der Waals surface area contributed by atoms with E-state index in [-0.39, 0.29) is 12.6 Å². The molecule has 17 heavy (non-hydrogen) atoms. The van der Waals surface area contributed by atoms with Gasteiger partial charge in [-0.25, -0.2) is 0 Å². The SMILES string of the molecule is NC(CO)CNCc1ccc2ccccc2c1. The van der Waals surface area contributed by atoms with Gasteiger partial charge in [0.2, 0.25) is 0 Å². The van der Waals surface area contributed by atoms with Crippen molar-refractivity contribution in [3.8, 4) is 0 Å². The Kier molecular flexibility index (Phi) is 4.09. The van der Waals surface area contributed by atoms with Crippen molar-refractivity contribution in [1.82, 2.24) is 5.32 Å². The molecule has 0 aliphatic rings. The van der Waals surface area contributed by atoms with Crippen LogP contribution in [0.2, 0.25) is 0 Å². The van der Waals surface area contributed by atoms with E-state index in [2.05, 4.69) is 35.6 Å². The normalized spacial score (nSPS) is 12.8. The van der Waals surface area contributed by atoms with E-state index < -0.39 is 0 Å². The second-order valence-electron chi connectivity index (χ2n) is 4.26. The molecule has 3 nitrogen and oxygen atoms in total. The molecule has 2 aromatic carbocycles. The standard InChI is InChI=1S/C14H18N2O/c15-14(10-17)9-16-8-11-5-6-12-3-1-2-4-13(12)7-11/h1-7,14,16-17H,8-10,15H2. The highest BCUT2D eigenvalue weighted by Crippen LogP contribution is 2.15. The lowest BCUT2D eigenvalue weighted by molar-refractivity contribution is 0.262. The van der Waals surface area contributed by atoms with Gasteiger partial charge in [0.05, 0.1) is 6.61 Å². The number of nitrogens with two attached hydrogens (primary N) is 1. The second kappa shape index (κ2) is 5.77. The molecule has 0 aliphatic carbocycles. The summed E-state index contributed by atoms with van der Waals surface area (Å²) < 4.78 is 0. The fourth-order valence-electron chi connectivity index (χ4n) is 1.82. The molecule has 0 spiro atoms. The summed E-state index contributed by atoms with van der Waals surface area (Å²) in [5.41, 5.74) is 6.85. The van der Waals surface area contributed by atoms with Crippen LogP contribution in [-0.4, -0.2) is 24.3 Å². The van der Waals surface area contributed by atoms with Crippen LogP contribution in [0.15, 0.2) is 42.5 Å². The molecule has 90 valence electrons. The molecule has 0 heterocycles. The van der Waals surface area contributed by atoms with E-state index in [1.807, 2.05) is 12.1 Å². The summed E-state index contributed by atoms with van der Waals surface area (Å²) in [7, 11) is 0. The molecule has 1 unspecified atom stereocenters. The van der Waals surface area contributed by atoms with Gasteiger partial charge in [-0.1, -0.05) is 36.4 Å². The third-order valence-electron chi connectivity index (χ3n) is 2.78. The number of nitrogens with one attached hydrogen (secondary N) is 1. The number of fused-ring (bicyclic) bond motifs is 1. The molecule has 0 bridgehead atoms. The molecule has 0 saturated heterocycles. The van der Waals surface area contributed by atoms with E-state index in [1.54, 1.807) is 0 Å². The van der Waals surface area contributed by atoms with Crippen molar-refractivity contribution in [2.45, 2.75) is 12.6 Å². The van der Waals surface area contributed by atoms with Crippen LogP contribution in [0.3, 0.4) is 0 Å². The molecule has 2 rings (SSSR count). The summed E-state index contributed by atoms with van der Waals surface area (Å²) in [5, 5.41) is 14.5. The summed E-state index contributed by atoms with van der Waals surface area (Å²) in [4.78, 5) is 0. The van der Waals surface area contributed by atoms with E-state index in [1.165, 1.54) is 16.3 Å². The zero-order valence-electron chi connectivity index (χ0n) is 9.76. The second-order valence-corrected chi connectivity index (χ2v) is 4.26. The Hall–Kier alpha value is -1.42. The van der Waals surface area contributed by atoms with Gasteiger partial charge in [0, 0.05) is 19.1 Å². The lowest BCUT2D eigenvalue weighted by Gasteiger charge is -2.10. The van der Waals surface area contributed by atoms with Gasteiger partial charge in [0.15, 0.2) is 0 Å². The lowest BCUT2D eigenvalue weighted by atomic mass is 10.1. The highest BCUT2D eigenvalue weighted by atomic mass is 16.3. The van der Waals surface area contributed by atoms with Crippen molar-refractivity contribution in [3.05, 3.63) is 48.0 Å². The third-order valence-corrected chi connectivity index (χ3v) is 2.78. The quantitative estimate of drug-likeness (QED) is 0.724. The van der Waals surface area contributed by atoms with Gasteiger partial charge < -0.3 is 16.2 Å². The van der Waals surface area contributed by atoms with Gasteiger partial charge >= 0.3 is 0 Å². The van der Waals surface area contributed by atoms with Crippen LogP contribution in [0.5, 0.6) is 0 Å². The van der Waals surface area contributed by atoms with Gasteiger partial charge in [-0.3, -0.25) is 0 Å². The third kappa shape index (κ3) is 3.27. The molecule has 1 atom stereocenters. The Morgan fingerprint density at radius 2 is 1.88 bits per heavy atom. The minimum Gasteiger partial charge on any atom is -0.395 e. The minimum atomic E-state index is -0.185. The number of hydrogen-bond acceptors (Lipinski definition) is 3. The zero-order chi connectivity index (χ0) is 12.1. The van der Waals surface area contributed by atoms with Crippen molar-refractivity contribution in [2.75, 3.05) is 13.2 Å². The monoisotopic (exact) mass is 230 g/mol. The van der Waals surface area contributed by atoms with Crippen molar-refractivity contribution in [1.29, 1.82) is 0 Å². The predicted molar refractivity (Wildman–Crippen MR) is 70.7 cm³/mol. The van der Waals surface area contributed by atoms with Crippen LogP contribution in [0.1, 0.15) is 5.56 Å². The van der Waals surface area contributed by atoms with Gasteiger partial charge in [-0.15, -0.1) is 0 Å². The van der Waals surface area contributed by atoms with Crippen LogP contribution in [-0.2, 0) is 6.54 Å². The van der Waals surface area contributed by atoms with Crippen LogP contribution in [0.25, 0.3) is 10.8 Å². The van der Waals surface area contributed by atoms with Crippen molar-refractivity contribution in [2.24, 2.45) is 5.73 Å². The zero-order valence-corrected chi connectivity index (χ0v) is 9.76. The largest absolute Gasteiger partial charge is 0.395 e. The smallest absolute Gasteiger partial charge is 0.0594 e. The first-order valence-electron chi connectivity index (χ1n) is 5.84. The Labute approximate surface area is 101 Å². The van der Waals surface area contributed by atoms with Gasteiger partial charge in [-0.2, -0.15) is 0 Å². The fourth-order valence-corrected chi connectivity index (χ4v) is 1.82. The number of hydrogen-bond donors (Lipinski definition) is 3. The first-order valence-corrected chi connectivity index (χ1v) is 5.84. The Balaban J connectivity index is 1.99. The van der Waals surface area contributed by atoms with Crippen molar-refractivity contribution >= 4 is 10.8 Å². The first kappa shape index (κ1) is 12.0. The molecular weight excluding hydrogens is 212 g/mol. The molecule has 0 amide bonds. The van der Waals surface area contributed by atoms with Crippen LogP contribution >= 0.6 is 0 Å². The lowest BCUT2D eigenvalue weighted by Crippen LogP contribution is -2.36. The van der Waals surface area contributed by atoms with Crippen LogP contribution in [0, 0.1) is 0 Å². The molecule has 0 aromatic heterocycles. The maximum absolute atomic E-state index is 8.81. The number of aliphatic hydroxyl groups excluding tert-OH is 1. The average Bonchev–Trinajstić information content (AvgIpc) is 2.38. The molecular formula is C14H18N2O. The minimum absolute atomic E-state index is 0.0186.